The Bertz CT molecular complexity index is 81.1. The summed E-state index contributed by atoms with van der Waals surface area (Å²) in [6.45, 7) is 3.02. The highest BCUT2D eigenvalue weighted by Gasteiger charge is 2.23. The van der Waals surface area contributed by atoms with Gasteiger partial charge in [-0.2, -0.15) is 0 Å². The highest BCUT2D eigenvalue weighted by molar-refractivity contribution is 4.75. The molecule has 12 heavy (non-hydrogen) atoms. The third-order valence-electron chi connectivity index (χ3n) is 1.39. The minimum Gasteiger partial charge on any atom is -0.396 e. The summed E-state index contributed by atoms with van der Waals surface area (Å²) in [7, 11) is 0. The van der Waals surface area contributed by atoms with Gasteiger partial charge in [-0.1, -0.05) is 13.8 Å². The first-order chi connectivity index (χ1) is 5.68. The Balaban J connectivity index is 0. The number of hydrogen-bond acceptors (Lipinski definition) is 4. The SMILES string of the molecule is CC.OCCCC(O)(CO)CO. The van der Waals surface area contributed by atoms with Crippen LogP contribution in [-0.4, -0.2) is 45.8 Å². The van der Waals surface area contributed by atoms with Crippen LogP contribution in [0.15, 0.2) is 0 Å². The molecule has 0 bridgehead atoms. The van der Waals surface area contributed by atoms with E-state index in [9.17, 15) is 0 Å². The van der Waals surface area contributed by atoms with Crippen molar-refractivity contribution in [3.63, 3.8) is 0 Å². The smallest absolute Gasteiger partial charge is 0.111 e. The van der Waals surface area contributed by atoms with Crippen LogP contribution in [-0.2, 0) is 0 Å². The summed E-state index contributed by atoms with van der Waals surface area (Å²) >= 11 is 0. The van der Waals surface area contributed by atoms with Crippen molar-refractivity contribution in [1.82, 2.24) is 0 Å². The molecule has 0 rings (SSSR count). The molecule has 0 radical (unpaired) electrons. The second-order valence-electron chi connectivity index (χ2n) is 2.37. The Kier molecular flexibility index (Phi) is 10.7. The zero-order valence-electron chi connectivity index (χ0n) is 7.82. The molecule has 0 fully saturated rings. The second kappa shape index (κ2) is 8.93. The van der Waals surface area contributed by atoms with Crippen LogP contribution >= 0.6 is 0 Å². The molecular formula is C8H20O4. The van der Waals surface area contributed by atoms with Gasteiger partial charge in [0.05, 0.1) is 13.2 Å². The van der Waals surface area contributed by atoms with Gasteiger partial charge in [0.2, 0.25) is 0 Å². The van der Waals surface area contributed by atoms with Gasteiger partial charge in [-0.3, -0.25) is 0 Å². The van der Waals surface area contributed by atoms with E-state index in [1.807, 2.05) is 13.8 Å². The molecule has 0 spiro atoms. The van der Waals surface area contributed by atoms with Crippen molar-refractivity contribution < 1.29 is 20.4 Å². The van der Waals surface area contributed by atoms with Crippen molar-refractivity contribution in [3.05, 3.63) is 0 Å². The Morgan fingerprint density at radius 1 is 1.00 bits per heavy atom. The predicted octanol–water partition coefficient (Wildman–Crippen LogP) is -0.499. The maximum Gasteiger partial charge on any atom is 0.111 e. The molecule has 0 atom stereocenters. The maximum absolute atomic E-state index is 9.15. The van der Waals surface area contributed by atoms with Crippen molar-refractivity contribution in [2.24, 2.45) is 0 Å². The molecule has 4 N–H and O–H groups in total. The monoisotopic (exact) mass is 180 g/mol. The standard InChI is InChI=1S/C6H14O4.C2H6/c7-3-1-2-6(10,4-8)5-9;1-2/h7-10H,1-5H2;1-2H3. The van der Waals surface area contributed by atoms with Crippen molar-refractivity contribution in [1.29, 1.82) is 0 Å². The van der Waals surface area contributed by atoms with Crippen LogP contribution in [0, 0.1) is 0 Å². The summed E-state index contributed by atoms with van der Waals surface area (Å²) in [4.78, 5) is 0. The summed E-state index contributed by atoms with van der Waals surface area (Å²) < 4.78 is 0. The number of aliphatic hydroxyl groups is 4. The van der Waals surface area contributed by atoms with Gasteiger partial charge < -0.3 is 20.4 Å². The molecule has 0 aromatic heterocycles. The lowest BCUT2D eigenvalue weighted by Crippen LogP contribution is -2.37. The summed E-state index contributed by atoms with van der Waals surface area (Å²) in [5.74, 6) is 0. The van der Waals surface area contributed by atoms with Gasteiger partial charge in [-0.25, -0.2) is 0 Å². The van der Waals surface area contributed by atoms with Gasteiger partial charge in [0, 0.05) is 6.61 Å². The molecule has 0 heterocycles. The van der Waals surface area contributed by atoms with E-state index in [-0.39, 0.29) is 13.0 Å². The lowest BCUT2D eigenvalue weighted by Gasteiger charge is -2.22. The topological polar surface area (TPSA) is 80.9 Å². The molecule has 76 valence electrons. The zero-order chi connectivity index (χ0) is 10.0. The minimum atomic E-state index is -1.41. The van der Waals surface area contributed by atoms with Gasteiger partial charge >= 0.3 is 0 Å². The number of rotatable bonds is 5. The van der Waals surface area contributed by atoms with E-state index in [0.29, 0.717) is 6.42 Å². The van der Waals surface area contributed by atoms with Gasteiger partial charge in [-0.15, -0.1) is 0 Å². The van der Waals surface area contributed by atoms with Crippen molar-refractivity contribution in [3.8, 4) is 0 Å². The van der Waals surface area contributed by atoms with Gasteiger partial charge in [0.25, 0.3) is 0 Å². The number of hydrogen-bond donors (Lipinski definition) is 4. The van der Waals surface area contributed by atoms with E-state index in [1.165, 1.54) is 0 Å². The molecule has 4 nitrogen and oxygen atoms in total. The van der Waals surface area contributed by atoms with Crippen LogP contribution in [0.5, 0.6) is 0 Å². The molecule has 0 saturated heterocycles. The predicted molar refractivity (Wildman–Crippen MR) is 46.8 cm³/mol. The highest BCUT2D eigenvalue weighted by Crippen LogP contribution is 2.09. The molecule has 0 saturated carbocycles. The molecule has 0 amide bonds. The van der Waals surface area contributed by atoms with Crippen LogP contribution in [0.4, 0.5) is 0 Å². The summed E-state index contributed by atoms with van der Waals surface area (Å²) in [5.41, 5.74) is -1.41. The van der Waals surface area contributed by atoms with Crippen LogP contribution in [0.3, 0.4) is 0 Å². The summed E-state index contributed by atoms with van der Waals surface area (Å²) in [6, 6.07) is 0. The van der Waals surface area contributed by atoms with Crippen molar-refractivity contribution >= 4 is 0 Å². The Hall–Kier alpha value is -0.160. The number of aliphatic hydroxyl groups excluding tert-OH is 3. The third-order valence-corrected chi connectivity index (χ3v) is 1.39. The summed E-state index contributed by atoms with van der Waals surface area (Å²) in [5, 5.41) is 34.5. The van der Waals surface area contributed by atoms with Crippen molar-refractivity contribution in [2.75, 3.05) is 19.8 Å². The van der Waals surface area contributed by atoms with Gasteiger partial charge in [0.15, 0.2) is 0 Å². The Morgan fingerprint density at radius 3 is 1.67 bits per heavy atom. The highest BCUT2D eigenvalue weighted by atomic mass is 16.4. The first-order valence-corrected chi connectivity index (χ1v) is 4.23. The van der Waals surface area contributed by atoms with Crippen LogP contribution in [0.1, 0.15) is 26.7 Å². The molecule has 0 aliphatic heterocycles. The second-order valence-corrected chi connectivity index (χ2v) is 2.37. The fraction of sp³-hybridized carbons (Fsp3) is 1.00. The fourth-order valence-corrected chi connectivity index (χ4v) is 0.616. The molecule has 0 aliphatic carbocycles. The molecule has 0 unspecified atom stereocenters. The molecule has 4 heteroatoms. The first-order valence-electron chi connectivity index (χ1n) is 4.23. The normalized spacial score (nSPS) is 10.5. The molecule has 0 aromatic carbocycles. The van der Waals surface area contributed by atoms with E-state index in [4.69, 9.17) is 20.4 Å². The van der Waals surface area contributed by atoms with E-state index in [2.05, 4.69) is 0 Å². The lowest BCUT2D eigenvalue weighted by molar-refractivity contribution is -0.0631. The zero-order valence-corrected chi connectivity index (χ0v) is 7.82. The van der Waals surface area contributed by atoms with E-state index in [0.717, 1.165) is 0 Å². The fourth-order valence-electron chi connectivity index (χ4n) is 0.616. The first kappa shape index (κ1) is 14.4. The average molecular weight is 180 g/mol. The van der Waals surface area contributed by atoms with Gasteiger partial charge in [-0.05, 0) is 12.8 Å². The van der Waals surface area contributed by atoms with Gasteiger partial charge in [0.1, 0.15) is 5.60 Å². The van der Waals surface area contributed by atoms with Crippen LogP contribution in [0.2, 0.25) is 0 Å². The molecule has 0 aromatic rings. The average Bonchev–Trinajstić information content (AvgIpc) is 2.17. The minimum absolute atomic E-state index is 0.0394. The summed E-state index contributed by atoms with van der Waals surface area (Å²) in [6.07, 6.45) is 0.605. The Labute approximate surface area is 73.5 Å². The van der Waals surface area contributed by atoms with Crippen LogP contribution < -0.4 is 0 Å². The maximum atomic E-state index is 9.15. The lowest BCUT2D eigenvalue weighted by atomic mass is 10.0. The third kappa shape index (κ3) is 6.54. The molecular weight excluding hydrogens is 160 g/mol. The quantitative estimate of drug-likeness (QED) is 0.460. The molecule has 0 aliphatic rings. The van der Waals surface area contributed by atoms with E-state index >= 15 is 0 Å². The van der Waals surface area contributed by atoms with E-state index in [1.54, 1.807) is 0 Å². The van der Waals surface area contributed by atoms with Crippen molar-refractivity contribution in [2.45, 2.75) is 32.3 Å². The largest absolute Gasteiger partial charge is 0.396 e. The Morgan fingerprint density at radius 2 is 1.42 bits per heavy atom. The van der Waals surface area contributed by atoms with Crippen LogP contribution in [0.25, 0.3) is 0 Å². The van der Waals surface area contributed by atoms with E-state index < -0.39 is 18.8 Å².